The molecule has 6 heteroatoms. The molecule has 0 aliphatic heterocycles. The molecule has 0 spiro atoms. The summed E-state index contributed by atoms with van der Waals surface area (Å²) in [5.41, 5.74) is 13.4. The molecular formula is C16H21N5O. The molecule has 6 nitrogen and oxygen atoms in total. The molecule has 0 unspecified atom stereocenters. The molecule has 0 bridgehead atoms. The number of rotatable bonds is 3. The number of benzene rings is 1. The van der Waals surface area contributed by atoms with Crippen molar-refractivity contribution in [1.29, 1.82) is 0 Å². The maximum atomic E-state index is 12.7. The zero-order valence-electron chi connectivity index (χ0n) is 12.8. The lowest BCUT2D eigenvalue weighted by molar-refractivity contribution is -0.129. The highest BCUT2D eigenvalue weighted by Gasteiger charge is 2.36. The number of fused-ring (bicyclic) bond motifs is 1. The first-order valence-corrected chi connectivity index (χ1v) is 7.35. The number of anilines is 1. The van der Waals surface area contributed by atoms with Crippen LogP contribution in [0.5, 0.6) is 0 Å². The van der Waals surface area contributed by atoms with Gasteiger partial charge in [-0.25, -0.2) is 0 Å². The molecule has 1 aromatic heterocycles. The normalized spacial score (nSPS) is 20.7. The Kier molecular flexibility index (Phi) is 3.41. The molecule has 0 radical (unpaired) electrons. The first-order valence-electron chi connectivity index (χ1n) is 7.35. The fourth-order valence-corrected chi connectivity index (χ4v) is 2.87. The Morgan fingerprint density at radius 1 is 1.36 bits per heavy atom. The Balaban J connectivity index is 1.76. The summed E-state index contributed by atoms with van der Waals surface area (Å²) in [6, 6.07) is 9.43. The summed E-state index contributed by atoms with van der Waals surface area (Å²) >= 11 is 0. The quantitative estimate of drug-likeness (QED) is 0.785. The Morgan fingerprint density at radius 3 is 2.73 bits per heavy atom. The van der Waals surface area contributed by atoms with Gasteiger partial charge in [0.25, 0.3) is 0 Å². The van der Waals surface area contributed by atoms with Crippen molar-refractivity contribution in [3.05, 3.63) is 47.7 Å². The molecule has 1 heterocycles. The Morgan fingerprint density at radius 2 is 2.09 bits per heavy atom. The third-order valence-electron chi connectivity index (χ3n) is 4.34. The van der Waals surface area contributed by atoms with Crippen molar-refractivity contribution in [2.45, 2.75) is 37.9 Å². The van der Waals surface area contributed by atoms with Crippen molar-refractivity contribution in [2.75, 3.05) is 5.73 Å². The highest BCUT2D eigenvalue weighted by atomic mass is 16.2. The number of nitrogen functional groups attached to an aromatic ring is 1. The Hall–Kier alpha value is -2.34. The van der Waals surface area contributed by atoms with Gasteiger partial charge in [-0.1, -0.05) is 24.3 Å². The van der Waals surface area contributed by atoms with Crippen LogP contribution in [0, 0.1) is 0 Å². The summed E-state index contributed by atoms with van der Waals surface area (Å²) < 4.78 is 1.57. The number of carbonyl (C=O) groups is 1. The first-order chi connectivity index (χ1) is 10.4. The summed E-state index contributed by atoms with van der Waals surface area (Å²) in [6.45, 7) is 3.62. The molecule has 5 N–H and O–H groups in total. The fraction of sp³-hybridized carbons (Fsp3) is 0.375. The molecule has 2 atom stereocenters. The van der Waals surface area contributed by atoms with Gasteiger partial charge in [0.05, 0.1) is 12.1 Å². The van der Waals surface area contributed by atoms with E-state index >= 15 is 0 Å². The van der Waals surface area contributed by atoms with Crippen LogP contribution in [-0.4, -0.2) is 21.7 Å². The third kappa shape index (κ3) is 2.35. The zero-order chi connectivity index (χ0) is 15.9. The van der Waals surface area contributed by atoms with Gasteiger partial charge in [-0.05, 0) is 37.5 Å². The maximum absolute atomic E-state index is 12.7. The van der Waals surface area contributed by atoms with E-state index in [-0.39, 0.29) is 18.0 Å². The van der Waals surface area contributed by atoms with Crippen LogP contribution in [-0.2, 0) is 16.8 Å². The molecule has 1 amide bonds. The number of nitrogens with one attached hydrogen (secondary N) is 1. The molecule has 3 rings (SSSR count). The van der Waals surface area contributed by atoms with Crippen molar-refractivity contribution in [3.63, 3.8) is 0 Å². The topological polar surface area (TPSA) is 99.0 Å². The molecule has 22 heavy (non-hydrogen) atoms. The number of carbonyl (C=O) groups excluding carboxylic acids is 1. The minimum atomic E-state index is -0.827. The van der Waals surface area contributed by atoms with E-state index in [0.717, 1.165) is 12.0 Å². The van der Waals surface area contributed by atoms with Gasteiger partial charge in [0, 0.05) is 6.20 Å². The SMILES string of the molecule is CC(C)(C(=O)N[C@@H]1Cc2ccccc2[C@H]1N)n1ccc(N)n1. The average molecular weight is 299 g/mol. The van der Waals surface area contributed by atoms with Crippen LogP contribution in [0.4, 0.5) is 5.82 Å². The van der Waals surface area contributed by atoms with Gasteiger partial charge in [-0.15, -0.1) is 0 Å². The van der Waals surface area contributed by atoms with Crippen molar-refractivity contribution in [1.82, 2.24) is 15.1 Å². The van der Waals surface area contributed by atoms with Gasteiger partial charge < -0.3 is 16.8 Å². The highest BCUT2D eigenvalue weighted by Crippen LogP contribution is 2.30. The largest absolute Gasteiger partial charge is 0.382 e. The van der Waals surface area contributed by atoms with Crippen molar-refractivity contribution >= 4 is 11.7 Å². The van der Waals surface area contributed by atoms with E-state index in [1.807, 2.05) is 32.0 Å². The van der Waals surface area contributed by atoms with E-state index < -0.39 is 5.54 Å². The molecule has 0 saturated heterocycles. The van der Waals surface area contributed by atoms with Gasteiger partial charge in [-0.3, -0.25) is 9.48 Å². The van der Waals surface area contributed by atoms with Crippen LogP contribution in [0.3, 0.4) is 0 Å². The van der Waals surface area contributed by atoms with Crippen LogP contribution in [0.25, 0.3) is 0 Å². The van der Waals surface area contributed by atoms with Crippen LogP contribution in [0.2, 0.25) is 0 Å². The number of nitrogens with zero attached hydrogens (tertiary/aromatic N) is 2. The number of hydrogen-bond donors (Lipinski definition) is 3. The van der Waals surface area contributed by atoms with Crippen LogP contribution < -0.4 is 16.8 Å². The lowest BCUT2D eigenvalue weighted by Crippen LogP contribution is -2.50. The van der Waals surface area contributed by atoms with Crippen molar-refractivity contribution in [3.8, 4) is 0 Å². The molecule has 1 aliphatic rings. The smallest absolute Gasteiger partial charge is 0.247 e. The van der Waals surface area contributed by atoms with E-state index in [4.69, 9.17) is 11.5 Å². The van der Waals surface area contributed by atoms with Gasteiger partial charge >= 0.3 is 0 Å². The van der Waals surface area contributed by atoms with E-state index in [1.165, 1.54) is 5.56 Å². The number of aromatic nitrogens is 2. The van der Waals surface area contributed by atoms with E-state index in [2.05, 4.69) is 16.5 Å². The minimum Gasteiger partial charge on any atom is -0.382 e. The number of nitrogens with two attached hydrogens (primary N) is 2. The summed E-state index contributed by atoms with van der Waals surface area (Å²) in [5, 5.41) is 7.20. The van der Waals surface area contributed by atoms with Gasteiger partial charge in [0.2, 0.25) is 5.91 Å². The van der Waals surface area contributed by atoms with Crippen molar-refractivity contribution in [2.24, 2.45) is 5.73 Å². The lowest BCUT2D eigenvalue weighted by Gasteiger charge is -2.27. The number of hydrogen-bond acceptors (Lipinski definition) is 4. The van der Waals surface area contributed by atoms with Crippen LogP contribution in [0.1, 0.15) is 31.0 Å². The molecule has 1 aliphatic carbocycles. The standard InChI is InChI=1S/C16H21N5O/c1-16(2,21-8-7-13(17)20-21)15(22)19-12-9-10-5-3-4-6-11(10)14(12)18/h3-8,12,14H,9,18H2,1-2H3,(H2,17,20)(H,19,22)/t12-,14-/m1/s1. The second kappa shape index (κ2) is 5.14. The van der Waals surface area contributed by atoms with Gasteiger partial charge in [-0.2, -0.15) is 5.10 Å². The monoisotopic (exact) mass is 299 g/mol. The second-order valence-corrected chi connectivity index (χ2v) is 6.25. The van der Waals surface area contributed by atoms with Crippen molar-refractivity contribution < 1.29 is 4.79 Å². The highest BCUT2D eigenvalue weighted by molar-refractivity contribution is 5.84. The fourth-order valence-electron chi connectivity index (χ4n) is 2.87. The molecule has 0 saturated carbocycles. The molecule has 2 aromatic rings. The molecule has 116 valence electrons. The molecule has 1 aromatic carbocycles. The minimum absolute atomic E-state index is 0.0999. The Labute approximate surface area is 129 Å². The first kappa shape index (κ1) is 14.6. The molecular weight excluding hydrogens is 278 g/mol. The summed E-state index contributed by atoms with van der Waals surface area (Å²) in [4.78, 5) is 12.7. The van der Waals surface area contributed by atoms with E-state index in [1.54, 1.807) is 16.9 Å². The second-order valence-electron chi connectivity index (χ2n) is 6.25. The maximum Gasteiger partial charge on any atom is 0.247 e. The average Bonchev–Trinajstić information content (AvgIpc) is 3.05. The van der Waals surface area contributed by atoms with E-state index in [9.17, 15) is 4.79 Å². The third-order valence-corrected chi connectivity index (χ3v) is 4.34. The Bertz CT molecular complexity index is 706. The summed E-state index contributed by atoms with van der Waals surface area (Å²) in [5.74, 6) is 0.273. The van der Waals surface area contributed by atoms with Gasteiger partial charge in [0.15, 0.2) is 0 Å². The van der Waals surface area contributed by atoms with Gasteiger partial charge in [0.1, 0.15) is 11.4 Å². The summed E-state index contributed by atoms with van der Waals surface area (Å²) in [7, 11) is 0. The predicted octanol–water partition coefficient (Wildman–Crippen LogP) is 0.941. The van der Waals surface area contributed by atoms with E-state index in [0.29, 0.717) is 5.82 Å². The molecule has 0 fully saturated rings. The summed E-state index contributed by atoms with van der Waals surface area (Å²) in [6.07, 6.45) is 2.46. The van der Waals surface area contributed by atoms with Crippen LogP contribution in [0.15, 0.2) is 36.5 Å². The predicted molar refractivity (Wildman–Crippen MR) is 85.0 cm³/mol. The lowest BCUT2D eigenvalue weighted by atomic mass is 10.0. The zero-order valence-corrected chi connectivity index (χ0v) is 12.8. The number of amides is 1. The van der Waals surface area contributed by atoms with Crippen LogP contribution >= 0.6 is 0 Å².